The summed E-state index contributed by atoms with van der Waals surface area (Å²) in [5, 5.41) is 2.93. The van der Waals surface area contributed by atoms with Crippen LogP contribution in [-0.4, -0.2) is 57.4 Å². The molecule has 2 heterocycles. The Bertz CT molecular complexity index is 819. The molecule has 7 nitrogen and oxygen atoms in total. The van der Waals surface area contributed by atoms with Crippen LogP contribution in [0.15, 0.2) is 42.5 Å². The lowest BCUT2D eigenvalue weighted by Crippen LogP contribution is -2.48. The van der Waals surface area contributed by atoms with Crippen LogP contribution in [0.25, 0.3) is 0 Å². The first kappa shape index (κ1) is 17.5. The van der Waals surface area contributed by atoms with Crippen LogP contribution in [0.3, 0.4) is 0 Å². The van der Waals surface area contributed by atoms with Gasteiger partial charge in [-0.15, -0.1) is 0 Å². The van der Waals surface area contributed by atoms with E-state index in [0.717, 1.165) is 43.3 Å². The van der Waals surface area contributed by atoms with Crippen molar-refractivity contribution in [2.24, 2.45) is 0 Å². The second-order valence-electron chi connectivity index (χ2n) is 6.58. The maximum Gasteiger partial charge on any atom is 0.238 e. The summed E-state index contributed by atoms with van der Waals surface area (Å²) in [5.41, 5.74) is 1.87. The van der Waals surface area contributed by atoms with Gasteiger partial charge in [-0.3, -0.25) is 9.69 Å². The summed E-state index contributed by atoms with van der Waals surface area (Å²) in [6, 6.07) is 13.5. The number of nitrogens with one attached hydrogen (secondary N) is 1. The van der Waals surface area contributed by atoms with Gasteiger partial charge in [0, 0.05) is 49.7 Å². The first-order valence-electron chi connectivity index (χ1n) is 9.02. The van der Waals surface area contributed by atoms with Crippen molar-refractivity contribution in [2.75, 3.05) is 56.8 Å². The van der Waals surface area contributed by atoms with Crippen LogP contribution in [0, 0.1) is 0 Å². The summed E-state index contributed by atoms with van der Waals surface area (Å²) >= 11 is 0. The first-order valence-corrected chi connectivity index (χ1v) is 9.02. The highest BCUT2D eigenvalue weighted by Crippen LogP contribution is 2.34. The number of hydrogen-bond acceptors (Lipinski definition) is 6. The summed E-state index contributed by atoms with van der Waals surface area (Å²) in [4.78, 5) is 16.8. The fourth-order valence-electron chi connectivity index (χ4n) is 3.35. The zero-order chi connectivity index (χ0) is 18.6. The molecule has 0 aromatic heterocycles. The molecule has 0 spiro atoms. The molecule has 0 unspecified atom stereocenters. The third-order valence-electron chi connectivity index (χ3n) is 4.81. The number of methoxy groups -OCH3 is 1. The lowest BCUT2D eigenvalue weighted by atomic mass is 10.2. The van der Waals surface area contributed by atoms with Crippen LogP contribution >= 0.6 is 0 Å². The van der Waals surface area contributed by atoms with Crippen molar-refractivity contribution < 1.29 is 19.0 Å². The molecule has 2 aliphatic heterocycles. The van der Waals surface area contributed by atoms with Crippen LogP contribution in [0.1, 0.15) is 0 Å². The molecule has 0 atom stereocenters. The van der Waals surface area contributed by atoms with Gasteiger partial charge >= 0.3 is 0 Å². The number of hydrogen-bond donors (Lipinski definition) is 1. The number of carbonyl (C=O) groups is 1. The van der Waals surface area contributed by atoms with Crippen LogP contribution in [0.4, 0.5) is 11.4 Å². The fraction of sp³-hybridized carbons (Fsp3) is 0.350. The molecule has 0 aliphatic carbocycles. The van der Waals surface area contributed by atoms with Crippen molar-refractivity contribution in [1.29, 1.82) is 0 Å². The summed E-state index contributed by atoms with van der Waals surface area (Å²) < 4.78 is 15.9. The maximum absolute atomic E-state index is 12.4. The summed E-state index contributed by atoms with van der Waals surface area (Å²) in [6.45, 7) is 4.04. The Balaban J connectivity index is 1.28. The molecule has 2 aromatic carbocycles. The van der Waals surface area contributed by atoms with Gasteiger partial charge in [-0.2, -0.15) is 0 Å². The molecule has 0 bridgehead atoms. The van der Waals surface area contributed by atoms with Crippen molar-refractivity contribution in [2.45, 2.75) is 0 Å². The van der Waals surface area contributed by atoms with E-state index >= 15 is 0 Å². The zero-order valence-electron chi connectivity index (χ0n) is 15.3. The number of piperazine rings is 1. The monoisotopic (exact) mass is 369 g/mol. The van der Waals surface area contributed by atoms with Crippen LogP contribution in [0.5, 0.6) is 17.2 Å². The highest BCUT2D eigenvalue weighted by atomic mass is 16.7. The van der Waals surface area contributed by atoms with Gasteiger partial charge in [0.1, 0.15) is 5.75 Å². The van der Waals surface area contributed by atoms with Gasteiger partial charge in [0.05, 0.1) is 13.7 Å². The third-order valence-corrected chi connectivity index (χ3v) is 4.81. The van der Waals surface area contributed by atoms with Crippen molar-refractivity contribution in [3.63, 3.8) is 0 Å². The van der Waals surface area contributed by atoms with Gasteiger partial charge < -0.3 is 24.4 Å². The molecule has 142 valence electrons. The Morgan fingerprint density at radius 3 is 2.70 bits per heavy atom. The van der Waals surface area contributed by atoms with E-state index in [9.17, 15) is 4.79 Å². The smallest absolute Gasteiger partial charge is 0.238 e. The van der Waals surface area contributed by atoms with Gasteiger partial charge in [-0.25, -0.2) is 0 Å². The van der Waals surface area contributed by atoms with Crippen molar-refractivity contribution in [3.8, 4) is 17.2 Å². The first-order chi connectivity index (χ1) is 13.2. The SMILES string of the molecule is COc1cccc(N2CCN(CC(=O)Nc3ccc4c(c3)OCO4)CC2)c1. The van der Waals surface area contributed by atoms with Crippen LogP contribution in [0.2, 0.25) is 0 Å². The molecule has 7 heteroatoms. The summed E-state index contributed by atoms with van der Waals surface area (Å²) in [6.07, 6.45) is 0. The van der Waals surface area contributed by atoms with E-state index < -0.39 is 0 Å². The number of rotatable bonds is 5. The molecule has 1 saturated heterocycles. The van der Waals surface area contributed by atoms with E-state index in [1.165, 1.54) is 0 Å². The Kier molecular flexibility index (Phi) is 5.02. The lowest BCUT2D eigenvalue weighted by molar-refractivity contribution is -0.117. The predicted octanol–water partition coefficient (Wildman–Crippen LogP) is 2.18. The Morgan fingerprint density at radius 2 is 1.89 bits per heavy atom. The van der Waals surface area contributed by atoms with Gasteiger partial charge in [0.25, 0.3) is 0 Å². The molecule has 1 fully saturated rings. The van der Waals surface area contributed by atoms with Crippen molar-refractivity contribution >= 4 is 17.3 Å². The van der Waals surface area contributed by atoms with Crippen LogP contribution in [-0.2, 0) is 4.79 Å². The molecule has 1 N–H and O–H groups in total. The Hall–Kier alpha value is -2.93. The predicted molar refractivity (Wildman–Crippen MR) is 103 cm³/mol. The number of carbonyl (C=O) groups excluding carboxylic acids is 1. The molecule has 0 radical (unpaired) electrons. The minimum atomic E-state index is -0.0244. The van der Waals surface area contributed by atoms with E-state index in [2.05, 4.69) is 21.2 Å². The third kappa shape index (κ3) is 4.09. The standard InChI is InChI=1S/C20H23N3O4/c1-25-17-4-2-3-16(12-17)23-9-7-22(8-10-23)13-20(24)21-15-5-6-18-19(11-15)27-14-26-18/h2-6,11-12H,7-10,13-14H2,1H3,(H,21,24). The molecule has 2 aliphatic rings. The number of benzene rings is 2. The quantitative estimate of drug-likeness (QED) is 0.872. The maximum atomic E-state index is 12.4. The molecular formula is C20H23N3O4. The topological polar surface area (TPSA) is 63.3 Å². The Labute approximate surface area is 158 Å². The highest BCUT2D eigenvalue weighted by molar-refractivity contribution is 5.92. The normalized spacial score (nSPS) is 16.3. The molecule has 4 rings (SSSR count). The van der Waals surface area contributed by atoms with E-state index in [1.807, 2.05) is 30.3 Å². The fourth-order valence-corrected chi connectivity index (χ4v) is 3.35. The van der Waals surface area contributed by atoms with Gasteiger partial charge in [-0.05, 0) is 24.3 Å². The minimum absolute atomic E-state index is 0.0244. The van der Waals surface area contributed by atoms with E-state index in [-0.39, 0.29) is 12.7 Å². The van der Waals surface area contributed by atoms with Gasteiger partial charge in [-0.1, -0.05) is 6.07 Å². The number of amides is 1. The number of anilines is 2. The molecule has 1 amide bonds. The average Bonchev–Trinajstić information content (AvgIpc) is 3.16. The van der Waals surface area contributed by atoms with Crippen molar-refractivity contribution in [3.05, 3.63) is 42.5 Å². The van der Waals surface area contributed by atoms with E-state index in [4.69, 9.17) is 14.2 Å². The number of fused-ring (bicyclic) bond motifs is 1. The molecule has 0 saturated carbocycles. The largest absolute Gasteiger partial charge is 0.497 e. The second-order valence-corrected chi connectivity index (χ2v) is 6.58. The molecular weight excluding hydrogens is 346 g/mol. The second kappa shape index (κ2) is 7.75. The summed E-state index contributed by atoms with van der Waals surface area (Å²) in [5.74, 6) is 2.21. The van der Waals surface area contributed by atoms with E-state index in [0.29, 0.717) is 18.0 Å². The summed E-state index contributed by atoms with van der Waals surface area (Å²) in [7, 11) is 1.68. The van der Waals surface area contributed by atoms with Gasteiger partial charge in [0.15, 0.2) is 11.5 Å². The lowest BCUT2D eigenvalue weighted by Gasteiger charge is -2.35. The average molecular weight is 369 g/mol. The zero-order valence-corrected chi connectivity index (χ0v) is 15.3. The highest BCUT2D eigenvalue weighted by Gasteiger charge is 2.20. The van der Waals surface area contributed by atoms with Crippen LogP contribution < -0.4 is 24.4 Å². The molecule has 2 aromatic rings. The number of nitrogens with zero attached hydrogens (tertiary/aromatic N) is 2. The number of ether oxygens (including phenoxy) is 3. The molecule has 27 heavy (non-hydrogen) atoms. The van der Waals surface area contributed by atoms with Crippen molar-refractivity contribution in [1.82, 2.24) is 4.90 Å². The van der Waals surface area contributed by atoms with Gasteiger partial charge in [0.2, 0.25) is 12.7 Å². The van der Waals surface area contributed by atoms with E-state index in [1.54, 1.807) is 13.2 Å². The minimum Gasteiger partial charge on any atom is -0.497 e. The Morgan fingerprint density at radius 1 is 1.07 bits per heavy atom.